The number of hydrogen-bond acceptors (Lipinski definition) is 5. The number of carbonyl (C=O) groups excluding carboxylic acids is 2. The summed E-state index contributed by atoms with van der Waals surface area (Å²) in [5.41, 5.74) is 0. The fraction of sp³-hybridized carbons (Fsp3) is 0.843. The number of hydrogen-bond donors (Lipinski definition) is 3. The molecule has 6 heteroatoms. The minimum atomic E-state index is -0.853. The van der Waals surface area contributed by atoms with E-state index in [-0.39, 0.29) is 18.5 Å². The van der Waals surface area contributed by atoms with Crippen LogP contribution in [0.25, 0.3) is 0 Å². The minimum absolute atomic E-state index is 0.0129. The van der Waals surface area contributed by atoms with Crippen molar-refractivity contribution in [3.8, 4) is 0 Å². The van der Waals surface area contributed by atoms with Crippen LogP contribution in [0.2, 0.25) is 0 Å². The summed E-state index contributed by atoms with van der Waals surface area (Å²) in [7, 11) is 0. The Morgan fingerprint density at radius 3 is 1.25 bits per heavy atom. The van der Waals surface area contributed by atoms with Gasteiger partial charge in [-0.25, -0.2) is 0 Å². The molecule has 6 nitrogen and oxygen atoms in total. The Labute approximate surface area is 353 Å². The first-order valence-corrected chi connectivity index (χ1v) is 24.8. The normalized spacial score (nSPS) is 13.0. The molecular formula is C51H95NO5. The van der Waals surface area contributed by atoms with Gasteiger partial charge >= 0.3 is 5.97 Å². The predicted molar refractivity (Wildman–Crippen MR) is 246 cm³/mol. The van der Waals surface area contributed by atoms with Crippen LogP contribution in [0.4, 0.5) is 0 Å². The number of aliphatic hydroxyl groups is 2. The molecule has 0 aliphatic heterocycles. The van der Waals surface area contributed by atoms with E-state index >= 15 is 0 Å². The lowest BCUT2D eigenvalue weighted by Crippen LogP contribution is -2.45. The van der Waals surface area contributed by atoms with E-state index in [1.165, 1.54) is 161 Å². The van der Waals surface area contributed by atoms with Crippen molar-refractivity contribution >= 4 is 11.9 Å². The smallest absolute Gasteiger partial charge is 0.305 e. The number of ether oxygens (including phenoxy) is 1. The number of unbranched alkanes of at least 4 members (excludes halogenated alkanes) is 30. The molecular weight excluding hydrogens is 707 g/mol. The van der Waals surface area contributed by atoms with Gasteiger partial charge in [0.2, 0.25) is 5.91 Å². The molecule has 0 heterocycles. The van der Waals surface area contributed by atoms with Crippen molar-refractivity contribution in [3.05, 3.63) is 36.5 Å². The second-order valence-corrected chi connectivity index (χ2v) is 16.8. The van der Waals surface area contributed by atoms with Crippen LogP contribution in [0.1, 0.15) is 251 Å². The van der Waals surface area contributed by atoms with Gasteiger partial charge in [0.25, 0.3) is 0 Å². The molecule has 334 valence electrons. The maximum atomic E-state index is 12.3. The summed E-state index contributed by atoms with van der Waals surface area (Å²) < 4.78 is 5.45. The maximum Gasteiger partial charge on any atom is 0.305 e. The molecule has 0 saturated carbocycles. The maximum absolute atomic E-state index is 12.3. The Hall–Kier alpha value is -1.92. The average molecular weight is 802 g/mol. The van der Waals surface area contributed by atoms with Crippen molar-refractivity contribution < 1.29 is 24.5 Å². The van der Waals surface area contributed by atoms with E-state index < -0.39 is 12.1 Å². The van der Waals surface area contributed by atoms with E-state index in [0.29, 0.717) is 19.4 Å². The standard InChI is InChI=1S/C51H95NO5/c1-3-5-7-9-11-13-14-15-18-22-25-29-33-37-41-45-51(56)57-46-42-38-34-30-26-23-20-17-16-19-21-24-28-32-36-40-44-50(55)52-48(47-53)49(54)43-39-35-31-27-12-10-8-6-4-2/h15-16,18-19,39,43,48-49,53-54H,3-14,17,20-38,40-42,44-47H2,1-2H3,(H,52,55)/b18-15-,19-16-,43-39+. The molecule has 0 fully saturated rings. The van der Waals surface area contributed by atoms with Crippen molar-refractivity contribution in [1.29, 1.82) is 0 Å². The molecule has 57 heavy (non-hydrogen) atoms. The lowest BCUT2D eigenvalue weighted by Gasteiger charge is -2.20. The zero-order valence-electron chi connectivity index (χ0n) is 37.8. The number of allylic oxidation sites excluding steroid dienone is 5. The first-order chi connectivity index (χ1) is 28.0. The molecule has 1 amide bonds. The van der Waals surface area contributed by atoms with Crippen LogP contribution in [0.3, 0.4) is 0 Å². The molecule has 2 unspecified atom stereocenters. The lowest BCUT2D eigenvalue weighted by atomic mass is 10.1. The van der Waals surface area contributed by atoms with E-state index in [0.717, 1.165) is 64.2 Å². The zero-order chi connectivity index (χ0) is 41.5. The van der Waals surface area contributed by atoms with Gasteiger partial charge in [-0.15, -0.1) is 0 Å². The van der Waals surface area contributed by atoms with E-state index in [4.69, 9.17) is 4.74 Å². The monoisotopic (exact) mass is 802 g/mol. The van der Waals surface area contributed by atoms with Crippen molar-refractivity contribution in [2.75, 3.05) is 13.2 Å². The van der Waals surface area contributed by atoms with Gasteiger partial charge < -0.3 is 20.3 Å². The van der Waals surface area contributed by atoms with Gasteiger partial charge in [0.1, 0.15) is 0 Å². The highest BCUT2D eigenvalue weighted by Crippen LogP contribution is 2.14. The molecule has 0 rings (SSSR count). The SMILES string of the molecule is CCCCCCCC/C=C\CCCCCCCC(=O)OCCCCCCCCC/C=C\CCCCCCCC(=O)NC(CO)C(O)/C=C/CCCCCCCCC. The molecule has 0 aromatic rings. The van der Waals surface area contributed by atoms with E-state index in [2.05, 4.69) is 43.5 Å². The van der Waals surface area contributed by atoms with Gasteiger partial charge in [0.15, 0.2) is 0 Å². The summed E-state index contributed by atoms with van der Waals surface area (Å²) >= 11 is 0. The molecule has 0 spiro atoms. The molecule has 2 atom stereocenters. The Balaban J connectivity index is 3.47. The summed E-state index contributed by atoms with van der Waals surface area (Å²) in [5, 5.41) is 22.9. The van der Waals surface area contributed by atoms with Crippen LogP contribution in [-0.4, -0.2) is 47.4 Å². The van der Waals surface area contributed by atoms with Crippen LogP contribution in [0.5, 0.6) is 0 Å². The molecule has 0 radical (unpaired) electrons. The van der Waals surface area contributed by atoms with Gasteiger partial charge in [-0.3, -0.25) is 9.59 Å². The summed E-state index contributed by atoms with van der Waals surface area (Å²) in [6.07, 6.45) is 55.7. The third-order valence-corrected chi connectivity index (χ3v) is 11.1. The van der Waals surface area contributed by atoms with Gasteiger partial charge in [0.05, 0.1) is 25.4 Å². The Kier molecular flexibility index (Phi) is 45.2. The molecule has 0 aliphatic rings. The molecule has 0 bridgehead atoms. The summed E-state index contributed by atoms with van der Waals surface area (Å²) in [5.74, 6) is -0.102. The number of rotatable bonds is 45. The molecule has 0 aromatic heterocycles. The summed E-state index contributed by atoms with van der Waals surface area (Å²) in [6, 6.07) is -0.638. The highest BCUT2D eigenvalue weighted by Gasteiger charge is 2.18. The fourth-order valence-electron chi connectivity index (χ4n) is 7.27. The second kappa shape index (κ2) is 46.8. The van der Waals surface area contributed by atoms with Gasteiger partial charge in [-0.2, -0.15) is 0 Å². The van der Waals surface area contributed by atoms with Crippen LogP contribution >= 0.6 is 0 Å². The highest BCUT2D eigenvalue weighted by atomic mass is 16.5. The number of nitrogens with one attached hydrogen (secondary N) is 1. The van der Waals surface area contributed by atoms with Crippen molar-refractivity contribution in [2.45, 2.75) is 264 Å². The predicted octanol–water partition coefficient (Wildman–Crippen LogP) is 14.5. The van der Waals surface area contributed by atoms with Crippen molar-refractivity contribution in [3.63, 3.8) is 0 Å². The first-order valence-electron chi connectivity index (χ1n) is 24.8. The Morgan fingerprint density at radius 1 is 0.474 bits per heavy atom. The molecule has 0 aliphatic carbocycles. The van der Waals surface area contributed by atoms with E-state index in [1.54, 1.807) is 6.08 Å². The highest BCUT2D eigenvalue weighted by molar-refractivity contribution is 5.76. The summed E-state index contributed by atoms with van der Waals surface area (Å²) in [4.78, 5) is 24.4. The van der Waals surface area contributed by atoms with Crippen LogP contribution in [0, 0.1) is 0 Å². The minimum Gasteiger partial charge on any atom is -0.466 e. The Morgan fingerprint density at radius 2 is 0.825 bits per heavy atom. The van der Waals surface area contributed by atoms with Gasteiger partial charge in [-0.05, 0) is 83.5 Å². The third-order valence-electron chi connectivity index (χ3n) is 11.1. The van der Waals surface area contributed by atoms with Gasteiger partial charge in [-0.1, -0.05) is 192 Å². The van der Waals surface area contributed by atoms with Crippen molar-refractivity contribution in [1.82, 2.24) is 5.32 Å². The third kappa shape index (κ3) is 43.5. The molecule has 0 aromatic carbocycles. The number of amides is 1. The molecule has 0 saturated heterocycles. The number of carbonyl (C=O) groups is 2. The average Bonchev–Trinajstić information content (AvgIpc) is 3.21. The van der Waals surface area contributed by atoms with E-state index in [9.17, 15) is 19.8 Å². The molecule has 3 N–H and O–H groups in total. The quantitative estimate of drug-likeness (QED) is 0.0324. The first kappa shape index (κ1) is 55.1. The van der Waals surface area contributed by atoms with Crippen molar-refractivity contribution in [2.24, 2.45) is 0 Å². The number of esters is 1. The van der Waals surface area contributed by atoms with Crippen LogP contribution in [0.15, 0.2) is 36.5 Å². The zero-order valence-corrected chi connectivity index (χ0v) is 37.8. The fourth-order valence-corrected chi connectivity index (χ4v) is 7.27. The summed E-state index contributed by atoms with van der Waals surface area (Å²) in [6.45, 7) is 4.83. The largest absolute Gasteiger partial charge is 0.466 e. The van der Waals surface area contributed by atoms with Gasteiger partial charge in [0, 0.05) is 12.8 Å². The van der Waals surface area contributed by atoms with Crippen LogP contribution in [-0.2, 0) is 14.3 Å². The van der Waals surface area contributed by atoms with Crippen LogP contribution < -0.4 is 5.32 Å². The topological polar surface area (TPSA) is 95.9 Å². The Bertz CT molecular complexity index is 931. The van der Waals surface area contributed by atoms with E-state index in [1.807, 2.05) is 6.08 Å². The lowest BCUT2D eigenvalue weighted by molar-refractivity contribution is -0.143. The second-order valence-electron chi connectivity index (χ2n) is 16.8. The number of aliphatic hydroxyl groups excluding tert-OH is 2.